The van der Waals surface area contributed by atoms with Crippen LogP contribution < -0.4 is 4.90 Å². The molecule has 2 aromatic carbocycles. The van der Waals surface area contributed by atoms with Crippen LogP contribution in [0.3, 0.4) is 0 Å². The lowest BCUT2D eigenvalue weighted by atomic mass is 9.81. The summed E-state index contributed by atoms with van der Waals surface area (Å²) in [6.45, 7) is 4.30. The fraction of sp³-hybridized carbons (Fsp3) is 0.280. The number of carbonyl (C=O) groups is 1. The van der Waals surface area contributed by atoms with Gasteiger partial charge in [0.1, 0.15) is 11.5 Å². The van der Waals surface area contributed by atoms with E-state index in [9.17, 15) is 9.18 Å². The quantitative estimate of drug-likeness (QED) is 0.450. The summed E-state index contributed by atoms with van der Waals surface area (Å²) < 4.78 is 14.5. The Bertz CT molecular complexity index is 1370. The fourth-order valence-corrected chi connectivity index (χ4v) is 5.89. The molecule has 2 fully saturated rings. The van der Waals surface area contributed by atoms with Crippen LogP contribution in [-0.2, 0) is 0 Å². The highest BCUT2D eigenvalue weighted by molar-refractivity contribution is 7.15. The number of aromatic nitrogens is 3. The van der Waals surface area contributed by atoms with Crippen molar-refractivity contribution in [1.29, 1.82) is 0 Å². The van der Waals surface area contributed by atoms with Crippen molar-refractivity contribution in [2.45, 2.75) is 19.4 Å². The van der Waals surface area contributed by atoms with Crippen molar-refractivity contribution in [3.05, 3.63) is 71.4 Å². The van der Waals surface area contributed by atoms with Gasteiger partial charge >= 0.3 is 0 Å². The van der Waals surface area contributed by atoms with E-state index < -0.39 is 0 Å². The number of likely N-dealkylation sites (tertiary alicyclic amines) is 1. The maximum Gasteiger partial charge on any atom is 0.274 e. The summed E-state index contributed by atoms with van der Waals surface area (Å²) in [6, 6.07) is 12.8. The highest BCUT2D eigenvalue weighted by Gasteiger charge is 2.46. The Hall–Kier alpha value is -3.39. The molecule has 4 aromatic rings. The monoisotopic (exact) mass is 459 g/mol. The Morgan fingerprint density at radius 2 is 1.91 bits per heavy atom. The lowest BCUT2D eigenvalue weighted by Gasteiger charge is -2.53. The number of carbonyl (C=O) groups excluding carboxylic acids is 1. The first-order valence-electron chi connectivity index (χ1n) is 11.1. The molecule has 2 atom stereocenters. The first-order chi connectivity index (χ1) is 16.1. The number of hydrogen-bond acceptors (Lipinski definition) is 6. The molecule has 0 radical (unpaired) electrons. The van der Waals surface area contributed by atoms with Gasteiger partial charge in [0.2, 0.25) is 0 Å². The first kappa shape index (κ1) is 20.2. The van der Waals surface area contributed by atoms with Crippen LogP contribution in [0.4, 0.5) is 10.1 Å². The van der Waals surface area contributed by atoms with Gasteiger partial charge in [-0.15, -0.1) is 11.3 Å². The van der Waals surface area contributed by atoms with Crippen molar-refractivity contribution >= 4 is 34.0 Å². The van der Waals surface area contributed by atoms with E-state index in [-0.39, 0.29) is 17.8 Å². The smallest absolute Gasteiger partial charge is 0.274 e. The molecule has 0 saturated carbocycles. The largest absolute Gasteiger partial charge is 0.369 e. The number of anilines is 1. The Morgan fingerprint density at radius 3 is 2.76 bits per heavy atom. The predicted octanol–water partition coefficient (Wildman–Crippen LogP) is 4.55. The van der Waals surface area contributed by atoms with E-state index in [1.807, 2.05) is 17.9 Å². The van der Waals surface area contributed by atoms with Gasteiger partial charge in [0, 0.05) is 49.2 Å². The zero-order valence-corrected chi connectivity index (χ0v) is 18.9. The predicted molar refractivity (Wildman–Crippen MR) is 127 cm³/mol. The number of rotatable bonds is 3. The van der Waals surface area contributed by atoms with E-state index >= 15 is 0 Å². The van der Waals surface area contributed by atoms with Crippen LogP contribution in [0.15, 0.2) is 54.9 Å². The van der Waals surface area contributed by atoms with Gasteiger partial charge in [0.15, 0.2) is 0 Å². The molecule has 6 nitrogen and oxygen atoms in total. The van der Waals surface area contributed by atoms with E-state index in [0.29, 0.717) is 22.1 Å². The van der Waals surface area contributed by atoms with Crippen LogP contribution in [0, 0.1) is 18.7 Å². The van der Waals surface area contributed by atoms with Crippen molar-refractivity contribution in [1.82, 2.24) is 19.9 Å². The van der Waals surface area contributed by atoms with Gasteiger partial charge in [-0.1, -0.05) is 18.2 Å². The van der Waals surface area contributed by atoms with Crippen LogP contribution in [0.5, 0.6) is 0 Å². The number of halogens is 1. The van der Waals surface area contributed by atoms with Crippen LogP contribution in [0.25, 0.3) is 21.5 Å². The zero-order valence-electron chi connectivity index (χ0n) is 18.1. The lowest BCUT2D eigenvalue weighted by Crippen LogP contribution is -2.65. The van der Waals surface area contributed by atoms with Gasteiger partial charge in [0.25, 0.3) is 5.91 Å². The fourth-order valence-electron chi connectivity index (χ4n) is 4.95. The lowest BCUT2D eigenvalue weighted by molar-refractivity contribution is 0.00754. The van der Waals surface area contributed by atoms with Gasteiger partial charge in [-0.2, -0.15) is 0 Å². The molecule has 0 bridgehead atoms. The number of thiazole rings is 1. The molecule has 6 rings (SSSR count). The molecule has 2 saturated heterocycles. The maximum absolute atomic E-state index is 14.5. The van der Waals surface area contributed by atoms with E-state index in [4.69, 9.17) is 0 Å². The topological polar surface area (TPSA) is 62.2 Å². The average molecular weight is 460 g/mol. The molecule has 2 aliphatic rings. The molecule has 33 heavy (non-hydrogen) atoms. The Morgan fingerprint density at radius 1 is 1.09 bits per heavy atom. The summed E-state index contributed by atoms with van der Waals surface area (Å²) in [5.41, 5.74) is 3.63. The number of benzene rings is 2. The molecule has 8 heteroatoms. The number of amides is 1. The Balaban J connectivity index is 1.26. The van der Waals surface area contributed by atoms with E-state index in [0.717, 1.165) is 47.8 Å². The van der Waals surface area contributed by atoms with Gasteiger partial charge in [-0.3, -0.25) is 14.8 Å². The number of nitrogens with zero attached hydrogens (tertiary/aromatic N) is 5. The molecular weight excluding hydrogens is 437 g/mol. The van der Waals surface area contributed by atoms with Crippen molar-refractivity contribution in [2.75, 3.05) is 24.5 Å². The Kier molecular flexibility index (Phi) is 4.83. The molecule has 2 aliphatic heterocycles. The highest BCUT2D eigenvalue weighted by Crippen LogP contribution is 2.38. The normalized spacial score (nSPS) is 19.9. The van der Waals surface area contributed by atoms with Gasteiger partial charge in [0.05, 0.1) is 27.0 Å². The second kappa shape index (κ2) is 7.88. The third-order valence-electron chi connectivity index (χ3n) is 6.69. The second-order valence-electron chi connectivity index (χ2n) is 8.64. The Labute approximate surface area is 194 Å². The number of aryl methyl sites for hydroxylation is 1. The summed E-state index contributed by atoms with van der Waals surface area (Å²) in [5, 5.41) is 0.760. The molecule has 0 aliphatic carbocycles. The molecule has 2 aromatic heterocycles. The summed E-state index contributed by atoms with van der Waals surface area (Å²) in [6.07, 6.45) is 4.43. The molecular formula is C25H22FN5OS. The van der Waals surface area contributed by atoms with E-state index in [1.54, 1.807) is 30.6 Å². The van der Waals surface area contributed by atoms with Gasteiger partial charge in [-0.05, 0) is 37.6 Å². The van der Waals surface area contributed by atoms with E-state index in [2.05, 4.69) is 32.0 Å². The second-order valence-corrected chi connectivity index (χ2v) is 9.84. The van der Waals surface area contributed by atoms with Crippen molar-refractivity contribution in [2.24, 2.45) is 5.92 Å². The SMILES string of the molecule is Cc1nc(C(=O)N2CC3CCN(c4ccc5nccnc5c4)CC32)c(-c2ccccc2F)s1. The number of fused-ring (bicyclic) bond motifs is 2. The molecule has 1 amide bonds. The average Bonchev–Trinajstić information content (AvgIpc) is 3.21. The summed E-state index contributed by atoms with van der Waals surface area (Å²) in [7, 11) is 0. The summed E-state index contributed by atoms with van der Waals surface area (Å²) in [5.74, 6) is 0.0482. The van der Waals surface area contributed by atoms with Crippen LogP contribution in [0.1, 0.15) is 21.9 Å². The van der Waals surface area contributed by atoms with Gasteiger partial charge < -0.3 is 9.80 Å². The number of hydrogen-bond donors (Lipinski definition) is 0. The molecule has 0 spiro atoms. The molecule has 0 N–H and O–H groups in total. The van der Waals surface area contributed by atoms with Crippen LogP contribution in [0.2, 0.25) is 0 Å². The minimum absolute atomic E-state index is 0.106. The van der Waals surface area contributed by atoms with Crippen molar-refractivity contribution in [3.8, 4) is 10.4 Å². The summed E-state index contributed by atoms with van der Waals surface area (Å²) >= 11 is 1.37. The third-order valence-corrected chi connectivity index (χ3v) is 7.69. The highest BCUT2D eigenvalue weighted by atomic mass is 32.1. The van der Waals surface area contributed by atoms with Crippen molar-refractivity contribution < 1.29 is 9.18 Å². The molecule has 4 heterocycles. The summed E-state index contributed by atoms with van der Waals surface area (Å²) in [4.78, 5) is 31.7. The zero-order chi connectivity index (χ0) is 22.5. The third kappa shape index (κ3) is 3.45. The maximum atomic E-state index is 14.5. The van der Waals surface area contributed by atoms with Crippen LogP contribution >= 0.6 is 11.3 Å². The molecule has 2 unspecified atom stereocenters. The number of piperidine rings is 1. The minimum Gasteiger partial charge on any atom is -0.369 e. The van der Waals surface area contributed by atoms with Crippen molar-refractivity contribution in [3.63, 3.8) is 0 Å². The first-order valence-corrected chi connectivity index (χ1v) is 11.9. The molecule has 166 valence electrons. The van der Waals surface area contributed by atoms with E-state index in [1.165, 1.54) is 17.4 Å². The van der Waals surface area contributed by atoms with Gasteiger partial charge in [-0.25, -0.2) is 9.37 Å². The van der Waals surface area contributed by atoms with Crippen LogP contribution in [-0.4, -0.2) is 51.4 Å². The minimum atomic E-state index is -0.333. The standard InChI is InChI=1S/C25H22FN5OS/c1-15-29-23(24(33-15)18-4-2-3-5-19(18)26)25(32)31-13-16-8-11-30(14-22(16)31)17-6-7-20-21(12-17)28-10-9-27-20/h2-7,9-10,12,16,22H,8,11,13-14H2,1H3.